The zero-order valence-electron chi connectivity index (χ0n) is 15.2. The summed E-state index contributed by atoms with van der Waals surface area (Å²) < 4.78 is 37.4. The zero-order valence-corrected chi connectivity index (χ0v) is 16.0. The highest BCUT2D eigenvalue weighted by molar-refractivity contribution is 8.00. The van der Waals surface area contributed by atoms with Gasteiger partial charge in [0.05, 0.1) is 5.69 Å². The molecule has 1 fully saturated rings. The number of imide groups is 1. The molecule has 9 heteroatoms. The standard InChI is InChI=1S/C19H18F3N3O2S/c1-3-14-10-13(8-9-23-14)11-24-12(2)17(26)25(18(24)27)15-4-6-16(7-5-15)28-19(20,21)22/h4-10,12H,3,11H2,1-2H3. The average molecular weight is 409 g/mol. The summed E-state index contributed by atoms with van der Waals surface area (Å²) >= 11 is -0.245. The van der Waals surface area contributed by atoms with Gasteiger partial charge in [-0.25, -0.2) is 9.69 Å². The number of carbonyl (C=O) groups excluding carboxylic acids is 2. The van der Waals surface area contributed by atoms with Crippen molar-refractivity contribution in [1.29, 1.82) is 0 Å². The van der Waals surface area contributed by atoms with Crippen LogP contribution in [0.5, 0.6) is 0 Å². The number of pyridine rings is 1. The van der Waals surface area contributed by atoms with Crippen LogP contribution in [0.4, 0.5) is 23.7 Å². The molecule has 1 aliphatic rings. The lowest BCUT2D eigenvalue weighted by Crippen LogP contribution is -2.33. The van der Waals surface area contributed by atoms with Gasteiger partial charge in [0.2, 0.25) is 0 Å². The van der Waals surface area contributed by atoms with Crippen LogP contribution in [0.15, 0.2) is 47.5 Å². The summed E-state index contributed by atoms with van der Waals surface area (Å²) in [6.07, 6.45) is 2.42. The number of benzene rings is 1. The number of anilines is 1. The van der Waals surface area contributed by atoms with E-state index < -0.39 is 23.5 Å². The Morgan fingerprint density at radius 1 is 1.14 bits per heavy atom. The summed E-state index contributed by atoms with van der Waals surface area (Å²) in [5.41, 5.74) is -2.40. The van der Waals surface area contributed by atoms with Crippen LogP contribution < -0.4 is 4.90 Å². The van der Waals surface area contributed by atoms with E-state index in [0.29, 0.717) is 0 Å². The van der Waals surface area contributed by atoms with Crippen LogP contribution in [0, 0.1) is 0 Å². The third-order valence-corrected chi connectivity index (χ3v) is 5.15. The Kier molecular flexibility index (Phi) is 5.64. The number of hydrogen-bond acceptors (Lipinski definition) is 4. The second-order valence-corrected chi connectivity index (χ2v) is 7.45. The van der Waals surface area contributed by atoms with Crippen molar-refractivity contribution in [3.63, 3.8) is 0 Å². The van der Waals surface area contributed by atoms with Crippen LogP contribution in [-0.4, -0.2) is 33.4 Å². The number of thioether (sulfide) groups is 1. The van der Waals surface area contributed by atoms with Crippen LogP contribution in [0.25, 0.3) is 0 Å². The van der Waals surface area contributed by atoms with Crippen molar-refractivity contribution in [3.8, 4) is 0 Å². The van der Waals surface area contributed by atoms with Crippen molar-refractivity contribution >= 4 is 29.4 Å². The molecule has 3 amide bonds. The monoisotopic (exact) mass is 409 g/mol. The van der Waals surface area contributed by atoms with Crippen LogP contribution in [0.2, 0.25) is 0 Å². The summed E-state index contributed by atoms with van der Waals surface area (Å²) in [4.78, 5) is 32.1. The van der Waals surface area contributed by atoms with E-state index in [0.717, 1.165) is 22.6 Å². The highest BCUT2D eigenvalue weighted by Gasteiger charge is 2.43. The lowest BCUT2D eigenvalue weighted by Gasteiger charge is -2.19. The van der Waals surface area contributed by atoms with Crippen molar-refractivity contribution in [2.45, 2.75) is 43.3 Å². The number of amides is 3. The largest absolute Gasteiger partial charge is 0.446 e. The smallest absolute Gasteiger partial charge is 0.308 e. The first-order chi connectivity index (χ1) is 13.2. The highest BCUT2D eigenvalue weighted by Crippen LogP contribution is 2.37. The fraction of sp³-hybridized carbons (Fsp3) is 0.316. The molecule has 2 aromatic rings. The van der Waals surface area contributed by atoms with Crippen molar-refractivity contribution in [2.75, 3.05) is 4.90 Å². The zero-order chi connectivity index (χ0) is 20.5. The molecule has 5 nitrogen and oxygen atoms in total. The van der Waals surface area contributed by atoms with Crippen LogP contribution in [-0.2, 0) is 17.8 Å². The summed E-state index contributed by atoms with van der Waals surface area (Å²) in [7, 11) is 0. The molecule has 0 aliphatic carbocycles. The molecule has 0 N–H and O–H groups in total. The van der Waals surface area contributed by atoms with Gasteiger partial charge in [0.25, 0.3) is 5.91 Å². The number of carbonyl (C=O) groups is 2. The Hall–Kier alpha value is -2.55. The molecule has 1 aliphatic heterocycles. The molecule has 1 unspecified atom stereocenters. The van der Waals surface area contributed by atoms with Crippen molar-refractivity contribution in [2.24, 2.45) is 0 Å². The number of alkyl halides is 3. The summed E-state index contributed by atoms with van der Waals surface area (Å²) in [5.74, 6) is -0.411. The van der Waals surface area contributed by atoms with E-state index in [1.807, 2.05) is 13.0 Å². The van der Waals surface area contributed by atoms with Crippen LogP contribution >= 0.6 is 11.8 Å². The molecule has 1 aromatic carbocycles. The van der Waals surface area contributed by atoms with Gasteiger partial charge in [0.1, 0.15) is 6.04 Å². The van der Waals surface area contributed by atoms with E-state index >= 15 is 0 Å². The molecule has 148 valence electrons. The fourth-order valence-corrected chi connectivity index (χ4v) is 3.50. The van der Waals surface area contributed by atoms with Crippen molar-refractivity contribution in [1.82, 2.24) is 9.88 Å². The molecule has 3 rings (SSSR count). The Morgan fingerprint density at radius 3 is 2.43 bits per heavy atom. The van der Waals surface area contributed by atoms with E-state index in [2.05, 4.69) is 4.98 Å². The molecule has 28 heavy (non-hydrogen) atoms. The summed E-state index contributed by atoms with van der Waals surface area (Å²) in [6.45, 7) is 3.86. The number of nitrogens with zero attached hydrogens (tertiary/aromatic N) is 3. The highest BCUT2D eigenvalue weighted by atomic mass is 32.2. The maximum absolute atomic E-state index is 12.8. The maximum atomic E-state index is 12.8. The number of halogens is 3. The van der Waals surface area contributed by atoms with Gasteiger partial charge in [-0.1, -0.05) is 6.92 Å². The number of urea groups is 1. The normalized spacial score (nSPS) is 17.5. The van der Waals surface area contributed by atoms with Gasteiger partial charge >= 0.3 is 11.5 Å². The number of hydrogen-bond donors (Lipinski definition) is 0. The van der Waals surface area contributed by atoms with Gasteiger partial charge < -0.3 is 4.90 Å². The molecule has 0 radical (unpaired) electrons. The minimum atomic E-state index is -4.39. The minimum Gasteiger partial charge on any atom is -0.308 e. The Labute approximate surface area is 164 Å². The predicted molar refractivity (Wildman–Crippen MR) is 99.9 cm³/mol. The minimum absolute atomic E-state index is 0.0101. The first-order valence-electron chi connectivity index (χ1n) is 8.64. The molecule has 1 atom stereocenters. The number of rotatable bonds is 5. The molecule has 0 saturated carbocycles. The molecule has 0 spiro atoms. The van der Waals surface area contributed by atoms with E-state index in [1.165, 1.54) is 29.2 Å². The van der Waals surface area contributed by atoms with E-state index in [-0.39, 0.29) is 28.9 Å². The molecular weight excluding hydrogens is 391 g/mol. The Balaban J connectivity index is 1.80. The Bertz CT molecular complexity index is 887. The molecule has 2 heterocycles. The SMILES string of the molecule is CCc1cc(CN2C(=O)N(c3ccc(SC(F)(F)F)cc3)C(=O)C2C)ccn1. The van der Waals surface area contributed by atoms with Crippen molar-refractivity contribution in [3.05, 3.63) is 53.9 Å². The average Bonchev–Trinajstić information content (AvgIpc) is 2.85. The van der Waals surface area contributed by atoms with Gasteiger partial charge in [0, 0.05) is 23.3 Å². The summed E-state index contributed by atoms with van der Waals surface area (Å²) in [6, 6.07) is 7.70. The maximum Gasteiger partial charge on any atom is 0.446 e. The lowest BCUT2D eigenvalue weighted by molar-refractivity contribution is -0.119. The lowest BCUT2D eigenvalue weighted by atomic mass is 10.2. The van der Waals surface area contributed by atoms with Crippen LogP contribution in [0.3, 0.4) is 0 Å². The number of aromatic nitrogens is 1. The van der Waals surface area contributed by atoms with Crippen LogP contribution in [0.1, 0.15) is 25.1 Å². The first-order valence-corrected chi connectivity index (χ1v) is 9.45. The van der Waals surface area contributed by atoms with Gasteiger partial charge in [0.15, 0.2) is 0 Å². The van der Waals surface area contributed by atoms with E-state index in [1.54, 1.807) is 19.2 Å². The van der Waals surface area contributed by atoms with Gasteiger partial charge in [-0.15, -0.1) is 0 Å². The molecule has 1 saturated heterocycles. The van der Waals surface area contributed by atoms with Gasteiger partial charge in [-0.3, -0.25) is 9.78 Å². The molecule has 0 bridgehead atoms. The first kappa shape index (κ1) is 20.2. The third kappa shape index (κ3) is 4.30. The second-order valence-electron chi connectivity index (χ2n) is 6.31. The predicted octanol–water partition coefficient (Wildman–Crippen LogP) is 4.61. The Morgan fingerprint density at radius 2 is 1.82 bits per heavy atom. The molecular formula is C19H18F3N3O2S. The topological polar surface area (TPSA) is 53.5 Å². The third-order valence-electron chi connectivity index (χ3n) is 4.41. The number of aryl methyl sites for hydroxylation is 1. The van der Waals surface area contributed by atoms with E-state index in [4.69, 9.17) is 0 Å². The molecule has 1 aromatic heterocycles. The fourth-order valence-electron chi connectivity index (χ4n) is 2.96. The second kappa shape index (κ2) is 7.83. The summed E-state index contributed by atoms with van der Waals surface area (Å²) in [5, 5.41) is 0. The quantitative estimate of drug-likeness (QED) is 0.534. The van der Waals surface area contributed by atoms with Gasteiger partial charge in [-0.2, -0.15) is 13.2 Å². The van der Waals surface area contributed by atoms with E-state index in [9.17, 15) is 22.8 Å². The van der Waals surface area contributed by atoms with Gasteiger partial charge in [-0.05, 0) is 67.1 Å². The van der Waals surface area contributed by atoms with Crippen molar-refractivity contribution < 1.29 is 22.8 Å².